The molecule has 0 radical (unpaired) electrons. The molecule has 0 spiro atoms. The van der Waals surface area contributed by atoms with Crippen molar-refractivity contribution >= 4 is 28.6 Å². The molecule has 5 nitrogen and oxygen atoms in total. The van der Waals surface area contributed by atoms with Crippen molar-refractivity contribution in [3.05, 3.63) is 70.3 Å². The highest BCUT2D eigenvalue weighted by Gasteiger charge is 2.20. The van der Waals surface area contributed by atoms with Crippen LogP contribution in [0.5, 0.6) is 0 Å². The second-order valence-corrected chi connectivity index (χ2v) is 7.73. The summed E-state index contributed by atoms with van der Waals surface area (Å²) in [6, 6.07) is 13.1. The lowest BCUT2D eigenvalue weighted by Gasteiger charge is -2.18. The van der Waals surface area contributed by atoms with E-state index >= 15 is 0 Å². The van der Waals surface area contributed by atoms with Crippen LogP contribution in [0.15, 0.2) is 58.5 Å². The Labute approximate surface area is 160 Å². The number of amides is 1. The summed E-state index contributed by atoms with van der Waals surface area (Å²) in [5.41, 5.74) is 1.19. The monoisotopic (exact) mass is 385 g/mol. The molecule has 0 fully saturated rings. The minimum absolute atomic E-state index is 0.0595. The van der Waals surface area contributed by atoms with Crippen LogP contribution in [0.4, 0.5) is 4.39 Å². The van der Waals surface area contributed by atoms with E-state index in [1.807, 2.05) is 6.07 Å². The van der Waals surface area contributed by atoms with Gasteiger partial charge in [0.2, 0.25) is 5.91 Å². The van der Waals surface area contributed by atoms with Crippen LogP contribution in [0.25, 0.3) is 10.9 Å². The maximum Gasteiger partial charge on any atom is 0.262 e. The van der Waals surface area contributed by atoms with Crippen molar-refractivity contribution in [2.45, 2.75) is 23.9 Å². The van der Waals surface area contributed by atoms with Gasteiger partial charge in [-0.25, -0.2) is 9.37 Å². The molecular weight excluding hydrogens is 365 g/mol. The third kappa shape index (κ3) is 4.19. The number of nitrogens with zero attached hydrogens (tertiary/aromatic N) is 3. The van der Waals surface area contributed by atoms with E-state index in [4.69, 9.17) is 0 Å². The minimum Gasteiger partial charge on any atom is -0.348 e. The first kappa shape index (κ1) is 19.1. The number of benzene rings is 2. The van der Waals surface area contributed by atoms with Gasteiger partial charge in [-0.2, -0.15) is 0 Å². The maximum absolute atomic E-state index is 13.2. The predicted octanol–water partition coefficient (Wildman–Crippen LogP) is 3.15. The van der Waals surface area contributed by atoms with Crippen LogP contribution in [0.2, 0.25) is 0 Å². The molecule has 3 rings (SSSR count). The standard InChI is InChI=1S/C20H20FN3O2S/c1-13(18(25)23(2)3)27-20-22-17-7-5-4-6-16(17)19(26)24(20)12-14-8-10-15(21)11-9-14/h4-11,13H,12H2,1-3H3/t13-/m0/s1. The summed E-state index contributed by atoms with van der Waals surface area (Å²) in [7, 11) is 3.39. The molecule has 0 aliphatic heterocycles. The predicted molar refractivity (Wildman–Crippen MR) is 106 cm³/mol. The summed E-state index contributed by atoms with van der Waals surface area (Å²) in [5, 5.41) is 0.578. The van der Waals surface area contributed by atoms with Crippen LogP contribution in [0, 0.1) is 5.82 Å². The van der Waals surface area contributed by atoms with Gasteiger partial charge in [0.1, 0.15) is 5.82 Å². The first-order chi connectivity index (χ1) is 12.9. The SMILES string of the molecule is C[C@H](Sc1nc2ccccc2c(=O)n1Cc1ccc(F)cc1)C(=O)N(C)C. The summed E-state index contributed by atoms with van der Waals surface area (Å²) in [6.07, 6.45) is 0. The molecule has 0 saturated heterocycles. The van der Waals surface area contributed by atoms with Crippen LogP contribution in [-0.4, -0.2) is 39.7 Å². The molecular formula is C20H20FN3O2S. The van der Waals surface area contributed by atoms with E-state index < -0.39 is 5.25 Å². The molecule has 0 unspecified atom stereocenters. The van der Waals surface area contributed by atoms with Crippen LogP contribution in [-0.2, 0) is 11.3 Å². The van der Waals surface area contributed by atoms with Gasteiger partial charge in [0.25, 0.3) is 5.56 Å². The zero-order valence-corrected chi connectivity index (χ0v) is 16.2. The number of hydrogen-bond donors (Lipinski definition) is 0. The fourth-order valence-electron chi connectivity index (χ4n) is 2.72. The number of halogens is 1. The number of rotatable bonds is 5. The minimum atomic E-state index is -0.396. The quantitative estimate of drug-likeness (QED) is 0.500. The third-order valence-electron chi connectivity index (χ3n) is 4.15. The van der Waals surface area contributed by atoms with Gasteiger partial charge in [0.15, 0.2) is 5.16 Å². The molecule has 2 aromatic carbocycles. The molecule has 0 N–H and O–H groups in total. The van der Waals surface area contributed by atoms with Gasteiger partial charge in [-0.15, -0.1) is 0 Å². The van der Waals surface area contributed by atoms with E-state index in [9.17, 15) is 14.0 Å². The molecule has 0 aliphatic carbocycles. The summed E-state index contributed by atoms with van der Waals surface area (Å²) < 4.78 is 14.7. The highest BCUT2D eigenvalue weighted by Crippen LogP contribution is 2.24. The topological polar surface area (TPSA) is 55.2 Å². The average Bonchev–Trinajstić information content (AvgIpc) is 2.65. The third-order valence-corrected chi connectivity index (χ3v) is 5.23. The Hall–Kier alpha value is -2.67. The van der Waals surface area contributed by atoms with E-state index in [0.29, 0.717) is 16.1 Å². The van der Waals surface area contributed by atoms with Crippen molar-refractivity contribution in [2.24, 2.45) is 0 Å². The zero-order chi connectivity index (χ0) is 19.6. The normalized spacial score (nSPS) is 12.1. The molecule has 140 valence electrons. The van der Waals surface area contributed by atoms with Gasteiger partial charge in [-0.1, -0.05) is 36.0 Å². The molecule has 1 heterocycles. The van der Waals surface area contributed by atoms with Crippen molar-refractivity contribution in [1.29, 1.82) is 0 Å². The second kappa shape index (κ2) is 7.92. The number of carbonyl (C=O) groups excluding carboxylic acids is 1. The average molecular weight is 385 g/mol. The highest BCUT2D eigenvalue weighted by atomic mass is 32.2. The largest absolute Gasteiger partial charge is 0.348 e. The number of fused-ring (bicyclic) bond motifs is 1. The van der Waals surface area contributed by atoms with E-state index in [0.717, 1.165) is 5.56 Å². The Morgan fingerprint density at radius 2 is 1.85 bits per heavy atom. The highest BCUT2D eigenvalue weighted by molar-refractivity contribution is 8.00. The van der Waals surface area contributed by atoms with Crippen molar-refractivity contribution in [2.75, 3.05) is 14.1 Å². The van der Waals surface area contributed by atoms with Gasteiger partial charge in [0.05, 0.1) is 22.7 Å². The van der Waals surface area contributed by atoms with Crippen LogP contribution in [0.3, 0.4) is 0 Å². The Kier molecular flexibility index (Phi) is 5.60. The summed E-state index contributed by atoms with van der Waals surface area (Å²) in [4.78, 5) is 31.4. The molecule has 1 atom stereocenters. The molecule has 27 heavy (non-hydrogen) atoms. The van der Waals surface area contributed by atoms with E-state index in [-0.39, 0.29) is 23.8 Å². The summed E-state index contributed by atoms with van der Waals surface area (Å²) >= 11 is 1.24. The molecule has 0 saturated carbocycles. The first-order valence-corrected chi connectivity index (χ1v) is 9.36. The van der Waals surface area contributed by atoms with E-state index in [1.165, 1.54) is 28.8 Å². The van der Waals surface area contributed by atoms with Crippen LogP contribution in [0.1, 0.15) is 12.5 Å². The Balaban J connectivity index is 2.08. The number of aromatic nitrogens is 2. The Morgan fingerprint density at radius 3 is 2.52 bits per heavy atom. The molecule has 1 amide bonds. The van der Waals surface area contributed by atoms with Gasteiger partial charge in [-0.05, 0) is 36.8 Å². The van der Waals surface area contributed by atoms with E-state index in [1.54, 1.807) is 55.9 Å². The zero-order valence-electron chi connectivity index (χ0n) is 15.3. The maximum atomic E-state index is 13.2. The van der Waals surface area contributed by atoms with E-state index in [2.05, 4.69) is 4.98 Å². The molecule has 0 aliphatic rings. The molecule has 7 heteroatoms. The molecule has 0 bridgehead atoms. The van der Waals surface area contributed by atoms with Crippen molar-refractivity contribution in [1.82, 2.24) is 14.5 Å². The molecule has 3 aromatic rings. The molecule has 1 aromatic heterocycles. The van der Waals surface area contributed by atoms with Gasteiger partial charge in [0, 0.05) is 14.1 Å². The van der Waals surface area contributed by atoms with Crippen LogP contribution >= 0.6 is 11.8 Å². The van der Waals surface area contributed by atoms with Crippen molar-refractivity contribution in [3.63, 3.8) is 0 Å². The Morgan fingerprint density at radius 1 is 1.19 bits per heavy atom. The first-order valence-electron chi connectivity index (χ1n) is 8.48. The lowest BCUT2D eigenvalue weighted by molar-refractivity contribution is -0.127. The fraction of sp³-hybridized carbons (Fsp3) is 0.250. The van der Waals surface area contributed by atoms with Crippen LogP contribution < -0.4 is 5.56 Å². The van der Waals surface area contributed by atoms with Gasteiger partial charge in [-0.3, -0.25) is 14.2 Å². The van der Waals surface area contributed by atoms with Gasteiger partial charge >= 0.3 is 0 Å². The Bertz CT molecular complexity index is 1030. The number of hydrogen-bond acceptors (Lipinski definition) is 4. The number of para-hydroxylation sites is 1. The van der Waals surface area contributed by atoms with Crippen molar-refractivity contribution < 1.29 is 9.18 Å². The fourth-order valence-corrected chi connectivity index (χ4v) is 3.78. The lowest BCUT2D eigenvalue weighted by atomic mass is 10.2. The van der Waals surface area contributed by atoms with Gasteiger partial charge < -0.3 is 4.90 Å². The number of carbonyl (C=O) groups is 1. The summed E-state index contributed by atoms with van der Waals surface area (Å²) in [6.45, 7) is 2.04. The number of thioether (sulfide) groups is 1. The lowest BCUT2D eigenvalue weighted by Crippen LogP contribution is -2.31. The van der Waals surface area contributed by atoms with Crippen molar-refractivity contribution in [3.8, 4) is 0 Å². The second-order valence-electron chi connectivity index (χ2n) is 6.42. The summed E-state index contributed by atoms with van der Waals surface area (Å²) in [5.74, 6) is -0.390. The smallest absolute Gasteiger partial charge is 0.262 e.